The van der Waals surface area contributed by atoms with Crippen LogP contribution in [0.4, 0.5) is 4.79 Å². The molecule has 4 nitrogen and oxygen atoms in total. The van der Waals surface area contributed by atoms with E-state index in [1.807, 2.05) is 0 Å². The first-order valence-corrected chi connectivity index (χ1v) is 3.84. The molecule has 1 aliphatic rings. The van der Waals surface area contributed by atoms with E-state index in [4.69, 9.17) is 15.0 Å². The molecule has 0 aromatic carbocycles. The van der Waals surface area contributed by atoms with Gasteiger partial charge in [0.2, 0.25) is 0 Å². The van der Waals surface area contributed by atoms with E-state index in [2.05, 4.69) is 5.73 Å². The average molecular weight is 160 g/mol. The summed E-state index contributed by atoms with van der Waals surface area (Å²) in [5, 5.41) is 16.7. The van der Waals surface area contributed by atoms with Crippen LogP contribution in [-0.2, 0) is 0 Å². The maximum atomic E-state index is 8.33. The number of hydrogen-bond donors (Lipinski definition) is 1. The molecule has 66 valence electrons. The van der Waals surface area contributed by atoms with E-state index < -0.39 is 6.16 Å². The SMILES string of the molecule is O=C([O-])[O-].[NH3+]C1CCCCC1. The van der Waals surface area contributed by atoms with Crippen molar-refractivity contribution in [2.24, 2.45) is 0 Å². The molecule has 1 saturated carbocycles. The number of hydrogen-bond acceptors (Lipinski definition) is 3. The number of rotatable bonds is 0. The zero-order chi connectivity index (χ0) is 8.69. The van der Waals surface area contributed by atoms with E-state index in [0.29, 0.717) is 0 Å². The lowest BCUT2D eigenvalue weighted by Gasteiger charge is -2.12. The molecule has 1 rings (SSSR count). The Morgan fingerprint density at radius 1 is 1.18 bits per heavy atom. The van der Waals surface area contributed by atoms with Gasteiger partial charge in [-0.15, -0.1) is 0 Å². The van der Waals surface area contributed by atoms with E-state index in [9.17, 15) is 0 Å². The van der Waals surface area contributed by atoms with Crippen LogP contribution in [0.2, 0.25) is 0 Å². The summed E-state index contributed by atoms with van der Waals surface area (Å²) in [6.45, 7) is 0. The Morgan fingerprint density at radius 3 is 1.73 bits per heavy atom. The van der Waals surface area contributed by atoms with Crippen molar-refractivity contribution in [2.45, 2.75) is 38.1 Å². The summed E-state index contributed by atoms with van der Waals surface area (Å²) < 4.78 is 0. The van der Waals surface area contributed by atoms with E-state index in [1.165, 1.54) is 32.1 Å². The average Bonchev–Trinajstić information content (AvgIpc) is 1.87. The highest BCUT2D eigenvalue weighted by Gasteiger charge is 2.09. The van der Waals surface area contributed by atoms with E-state index in [-0.39, 0.29) is 0 Å². The first kappa shape index (κ1) is 10.2. The predicted molar refractivity (Wildman–Crippen MR) is 35.2 cm³/mol. The number of quaternary nitrogens is 1. The Morgan fingerprint density at radius 2 is 1.55 bits per heavy atom. The molecule has 3 N–H and O–H groups in total. The van der Waals surface area contributed by atoms with Crippen LogP contribution in [0.25, 0.3) is 0 Å². The quantitative estimate of drug-likeness (QED) is 0.449. The van der Waals surface area contributed by atoms with E-state index >= 15 is 0 Å². The van der Waals surface area contributed by atoms with Gasteiger partial charge in [0.05, 0.1) is 6.04 Å². The fourth-order valence-corrected chi connectivity index (χ4v) is 1.19. The minimum Gasteiger partial charge on any atom is -0.652 e. The molecule has 0 atom stereocenters. The first-order valence-electron chi connectivity index (χ1n) is 3.84. The van der Waals surface area contributed by atoms with Crippen molar-refractivity contribution in [3.8, 4) is 0 Å². The molecule has 1 fully saturated rings. The molecular weight excluding hydrogens is 146 g/mol. The molecule has 1 aliphatic carbocycles. The fourth-order valence-electron chi connectivity index (χ4n) is 1.19. The maximum Gasteiger partial charge on any atom is 0.0843 e. The smallest absolute Gasteiger partial charge is 0.0843 e. The van der Waals surface area contributed by atoms with Crippen LogP contribution in [0.5, 0.6) is 0 Å². The molecular formula is C7H14NO3-. The Labute approximate surface area is 66.0 Å². The van der Waals surface area contributed by atoms with Gasteiger partial charge in [-0.2, -0.15) is 0 Å². The Hall–Kier alpha value is -0.770. The van der Waals surface area contributed by atoms with Crippen molar-refractivity contribution in [2.75, 3.05) is 0 Å². The van der Waals surface area contributed by atoms with Crippen LogP contribution >= 0.6 is 0 Å². The standard InChI is InChI=1S/C6H13N.CH2O3/c7-6-4-2-1-3-5-6;2-1(3)4/h6H,1-5,7H2;(H2,2,3,4)/p-1. The molecule has 0 aliphatic heterocycles. The van der Waals surface area contributed by atoms with Crippen LogP contribution in [0.1, 0.15) is 32.1 Å². The fraction of sp³-hybridized carbons (Fsp3) is 0.857. The second-order valence-corrected chi connectivity index (χ2v) is 2.75. The van der Waals surface area contributed by atoms with Crippen LogP contribution in [0.3, 0.4) is 0 Å². The lowest BCUT2D eigenvalue weighted by atomic mass is 9.97. The Kier molecular flexibility index (Phi) is 5.56. The van der Waals surface area contributed by atoms with Crippen molar-refractivity contribution in [1.29, 1.82) is 0 Å². The van der Waals surface area contributed by atoms with Crippen LogP contribution in [0, 0.1) is 0 Å². The summed E-state index contributed by atoms with van der Waals surface area (Å²) in [6, 6.07) is 0.786. The summed E-state index contributed by atoms with van der Waals surface area (Å²) in [6.07, 6.45) is 4.72. The second kappa shape index (κ2) is 5.97. The minimum atomic E-state index is -2.33. The van der Waals surface area contributed by atoms with Gasteiger partial charge in [-0.25, -0.2) is 0 Å². The molecule has 0 bridgehead atoms. The van der Waals surface area contributed by atoms with Crippen molar-refractivity contribution in [1.82, 2.24) is 0 Å². The van der Waals surface area contributed by atoms with Gasteiger partial charge in [0.15, 0.2) is 0 Å². The van der Waals surface area contributed by atoms with Crippen LogP contribution in [0.15, 0.2) is 0 Å². The Balaban J connectivity index is 0.000000218. The van der Waals surface area contributed by atoms with E-state index in [0.717, 1.165) is 6.04 Å². The zero-order valence-electron chi connectivity index (χ0n) is 6.54. The third kappa shape index (κ3) is 9.23. The van der Waals surface area contributed by atoms with Gasteiger partial charge in [0, 0.05) is 0 Å². The van der Waals surface area contributed by atoms with Crippen molar-refractivity contribution in [3.63, 3.8) is 0 Å². The number of carboxylic acid groups (broad SMARTS) is 2. The Bertz CT molecular complexity index is 106. The molecule has 11 heavy (non-hydrogen) atoms. The lowest BCUT2D eigenvalue weighted by Crippen LogP contribution is -2.61. The van der Waals surface area contributed by atoms with Gasteiger partial charge in [0.25, 0.3) is 0 Å². The van der Waals surface area contributed by atoms with Gasteiger partial charge in [-0.3, -0.25) is 0 Å². The minimum absolute atomic E-state index is 0.786. The summed E-state index contributed by atoms with van der Waals surface area (Å²) in [4.78, 5) is 8.33. The third-order valence-electron chi connectivity index (χ3n) is 1.72. The predicted octanol–water partition coefficient (Wildman–Crippen LogP) is -1.89. The summed E-state index contributed by atoms with van der Waals surface area (Å²) in [5.41, 5.74) is 4.00. The molecule has 0 aromatic heterocycles. The number of carbonyl (C=O) groups excluding carboxylic acids is 1. The molecule has 0 aromatic rings. The maximum absolute atomic E-state index is 8.33. The molecule has 0 heterocycles. The molecule has 4 heteroatoms. The normalized spacial score (nSPS) is 18.3. The summed E-state index contributed by atoms with van der Waals surface area (Å²) >= 11 is 0. The highest BCUT2D eigenvalue weighted by Crippen LogP contribution is 2.13. The monoisotopic (exact) mass is 160 g/mol. The van der Waals surface area contributed by atoms with E-state index in [1.54, 1.807) is 0 Å². The molecule has 0 unspecified atom stereocenters. The zero-order valence-corrected chi connectivity index (χ0v) is 6.54. The van der Waals surface area contributed by atoms with Crippen molar-refractivity contribution < 1.29 is 20.7 Å². The topological polar surface area (TPSA) is 90.8 Å². The van der Waals surface area contributed by atoms with Gasteiger partial charge >= 0.3 is 0 Å². The molecule has 0 saturated heterocycles. The molecule has 0 radical (unpaired) electrons. The van der Waals surface area contributed by atoms with Gasteiger partial charge in [0.1, 0.15) is 0 Å². The molecule has 0 amide bonds. The van der Waals surface area contributed by atoms with Gasteiger partial charge in [-0.1, -0.05) is 6.42 Å². The largest absolute Gasteiger partial charge is 0.652 e. The first-order chi connectivity index (χ1) is 5.13. The highest BCUT2D eigenvalue weighted by molar-refractivity contribution is 5.47. The van der Waals surface area contributed by atoms with Crippen LogP contribution < -0.4 is 15.9 Å². The van der Waals surface area contributed by atoms with Gasteiger partial charge < -0.3 is 20.7 Å². The summed E-state index contributed by atoms with van der Waals surface area (Å²) in [5.74, 6) is 0. The second-order valence-electron chi connectivity index (χ2n) is 2.75. The highest BCUT2D eigenvalue weighted by atomic mass is 16.6. The molecule has 0 spiro atoms. The van der Waals surface area contributed by atoms with Crippen molar-refractivity contribution in [3.05, 3.63) is 0 Å². The van der Waals surface area contributed by atoms with Gasteiger partial charge in [-0.05, 0) is 31.8 Å². The lowest BCUT2D eigenvalue weighted by molar-refractivity contribution is -0.425. The van der Waals surface area contributed by atoms with Crippen LogP contribution in [-0.4, -0.2) is 12.2 Å². The van der Waals surface area contributed by atoms with Crippen molar-refractivity contribution >= 4 is 6.16 Å². The summed E-state index contributed by atoms with van der Waals surface area (Å²) in [7, 11) is 0. The number of carbonyl (C=O) groups is 1. The third-order valence-corrected chi connectivity index (χ3v) is 1.72.